The summed E-state index contributed by atoms with van der Waals surface area (Å²) < 4.78 is 0. The number of rotatable bonds is 4. The second kappa shape index (κ2) is 5.37. The Morgan fingerprint density at radius 3 is 2.21 bits per heavy atom. The Morgan fingerprint density at radius 1 is 1.05 bits per heavy atom. The summed E-state index contributed by atoms with van der Waals surface area (Å²) in [5.74, 6) is 2.64. The molecule has 2 nitrogen and oxygen atoms in total. The third-order valence-electron chi connectivity index (χ3n) is 7.04. The van der Waals surface area contributed by atoms with E-state index >= 15 is 0 Å². The molecule has 4 atom stereocenters. The molecule has 1 heterocycles. The van der Waals surface area contributed by atoms with Gasteiger partial charge in [-0.15, -0.1) is 0 Å². The van der Waals surface area contributed by atoms with Crippen LogP contribution in [0.5, 0.6) is 0 Å². The van der Waals surface area contributed by atoms with Crippen molar-refractivity contribution in [3.8, 4) is 0 Å². The number of fused-ring (bicyclic) bond motifs is 2. The molecule has 0 radical (unpaired) electrons. The molecular weight excluding hydrogens is 232 g/mol. The van der Waals surface area contributed by atoms with Crippen molar-refractivity contribution in [2.45, 2.75) is 64.8 Å². The van der Waals surface area contributed by atoms with Crippen LogP contribution in [0.2, 0.25) is 0 Å². The zero-order valence-corrected chi connectivity index (χ0v) is 12.9. The average molecular weight is 264 g/mol. The molecule has 2 N–H and O–H groups in total. The van der Waals surface area contributed by atoms with Gasteiger partial charge in [-0.05, 0) is 68.4 Å². The van der Waals surface area contributed by atoms with Crippen LogP contribution in [-0.4, -0.2) is 30.6 Å². The van der Waals surface area contributed by atoms with Gasteiger partial charge in [0.1, 0.15) is 0 Å². The first-order valence-electron chi connectivity index (χ1n) is 8.65. The van der Waals surface area contributed by atoms with Crippen LogP contribution in [0, 0.1) is 23.2 Å². The summed E-state index contributed by atoms with van der Waals surface area (Å²) in [6.45, 7) is 8.70. The predicted molar refractivity (Wildman–Crippen MR) is 81.0 cm³/mol. The van der Waals surface area contributed by atoms with Gasteiger partial charge >= 0.3 is 0 Å². The summed E-state index contributed by atoms with van der Waals surface area (Å²) in [4.78, 5) is 2.73. The Hall–Kier alpha value is -0.0800. The predicted octanol–water partition coefficient (Wildman–Crippen LogP) is 3.26. The SMILES string of the molecule is CCC1(CC)CCN(CC2C3CCC(C3)C2N)CC1. The normalized spacial score (nSPS) is 41.8. The van der Waals surface area contributed by atoms with Gasteiger partial charge < -0.3 is 10.6 Å². The summed E-state index contributed by atoms with van der Waals surface area (Å²) in [6, 6.07) is 0.516. The van der Waals surface area contributed by atoms with Crippen LogP contribution in [-0.2, 0) is 0 Å². The standard InChI is InChI=1S/C17H32N2/c1-3-17(4-2)7-9-19(10-8-17)12-15-13-5-6-14(11-13)16(15)18/h13-16H,3-12,18H2,1-2H3. The lowest BCUT2D eigenvalue weighted by Crippen LogP contribution is -2.46. The zero-order valence-electron chi connectivity index (χ0n) is 12.9. The van der Waals surface area contributed by atoms with Gasteiger partial charge in [0.05, 0.1) is 0 Å². The van der Waals surface area contributed by atoms with Gasteiger partial charge in [-0.25, -0.2) is 0 Å². The van der Waals surface area contributed by atoms with Crippen LogP contribution in [0.25, 0.3) is 0 Å². The van der Waals surface area contributed by atoms with Crippen molar-refractivity contribution in [1.82, 2.24) is 4.90 Å². The third-order valence-corrected chi connectivity index (χ3v) is 7.04. The number of hydrogen-bond donors (Lipinski definition) is 1. The van der Waals surface area contributed by atoms with E-state index in [1.54, 1.807) is 0 Å². The second-order valence-electron chi connectivity index (χ2n) is 7.58. The Morgan fingerprint density at radius 2 is 1.68 bits per heavy atom. The van der Waals surface area contributed by atoms with Crippen LogP contribution in [0.15, 0.2) is 0 Å². The third kappa shape index (κ3) is 2.47. The highest BCUT2D eigenvalue weighted by molar-refractivity contribution is 5.00. The van der Waals surface area contributed by atoms with E-state index in [4.69, 9.17) is 5.73 Å². The molecule has 110 valence electrons. The number of nitrogens with zero attached hydrogens (tertiary/aromatic N) is 1. The Bertz CT molecular complexity index is 298. The Balaban J connectivity index is 1.53. The highest BCUT2D eigenvalue weighted by Crippen LogP contribution is 2.48. The zero-order chi connectivity index (χ0) is 13.5. The van der Waals surface area contributed by atoms with Crippen molar-refractivity contribution in [3.63, 3.8) is 0 Å². The highest BCUT2D eigenvalue weighted by atomic mass is 15.1. The molecule has 3 rings (SSSR count). The monoisotopic (exact) mass is 264 g/mol. The van der Waals surface area contributed by atoms with Crippen LogP contribution in [0.4, 0.5) is 0 Å². The minimum atomic E-state index is 0.516. The van der Waals surface area contributed by atoms with Gasteiger partial charge in [0.15, 0.2) is 0 Å². The van der Waals surface area contributed by atoms with E-state index in [9.17, 15) is 0 Å². The summed E-state index contributed by atoms with van der Waals surface area (Å²) >= 11 is 0. The molecule has 0 amide bonds. The fourth-order valence-electron chi connectivity index (χ4n) is 5.19. The van der Waals surface area contributed by atoms with E-state index in [-0.39, 0.29) is 0 Å². The molecule has 0 aromatic carbocycles. The lowest BCUT2D eigenvalue weighted by Gasteiger charge is -2.43. The van der Waals surface area contributed by atoms with Crippen molar-refractivity contribution < 1.29 is 0 Å². The fraction of sp³-hybridized carbons (Fsp3) is 1.00. The van der Waals surface area contributed by atoms with Gasteiger partial charge in [0, 0.05) is 12.6 Å². The molecule has 2 saturated carbocycles. The molecule has 3 fully saturated rings. The van der Waals surface area contributed by atoms with Crippen LogP contribution >= 0.6 is 0 Å². The first kappa shape index (κ1) is 13.9. The van der Waals surface area contributed by atoms with E-state index in [2.05, 4.69) is 18.7 Å². The second-order valence-corrected chi connectivity index (χ2v) is 7.58. The number of hydrogen-bond acceptors (Lipinski definition) is 2. The van der Waals surface area contributed by atoms with E-state index in [0.717, 1.165) is 17.8 Å². The summed E-state index contributed by atoms with van der Waals surface area (Å²) in [5.41, 5.74) is 7.12. The van der Waals surface area contributed by atoms with Crippen LogP contribution in [0.1, 0.15) is 58.8 Å². The van der Waals surface area contributed by atoms with Crippen molar-refractivity contribution in [1.29, 1.82) is 0 Å². The molecule has 0 aromatic heterocycles. The number of likely N-dealkylation sites (tertiary alicyclic amines) is 1. The minimum absolute atomic E-state index is 0.516. The molecule has 2 aliphatic carbocycles. The lowest BCUT2D eigenvalue weighted by molar-refractivity contribution is 0.0727. The molecule has 3 aliphatic rings. The lowest BCUT2D eigenvalue weighted by atomic mass is 9.74. The van der Waals surface area contributed by atoms with Crippen molar-refractivity contribution in [3.05, 3.63) is 0 Å². The average Bonchev–Trinajstić information content (AvgIpc) is 3.03. The maximum Gasteiger partial charge on any atom is 0.0111 e. The molecular formula is C17H32N2. The first-order valence-corrected chi connectivity index (χ1v) is 8.65. The fourth-order valence-corrected chi connectivity index (χ4v) is 5.19. The smallest absolute Gasteiger partial charge is 0.0111 e. The maximum absolute atomic E-state index is 6.46. The van der Waals surface area contributed by atoms with Gasteiger partial charge in [0.2, 0.25) is 0 Å². The van der Waals surface area contributed by atoms with Gasteiger partial charge in [-0.2, -0.15) is 0 Å². The molecule has 2 heteroatoms. The largest absolute Gasteiger partial charge is 0.327 e. The van der Waals surface area contributed by atoms with Crippen molar-refractivity contribution in [2.75, 3.05) is 19.6 Å². The van der Waals surface area contributed by atoms with Gasteiger partial charge in [-0.3, -0.25) is 0 Å². The Labute approximate surface area is 119 Å². The van der Waals surface area contributed by atoms with E-state index in [1.807, 2.05) is 0 Å². The molecule has 1 saturated heterocycles. The van der Waals surface area contributed by atoms with Gasteiger partial charge in [-0.1, -0.05) is 26.7 Å². The van der Waals surface area contributed by atoms with E-state index in [0.29, 0.717) is 11.5 Å². The van der Waals surface area contributed by atoms with Crippen molar-refractivity contribution in [2.24, 2.45) is 28.9 Å². The van der Waals surface area contributed by atoms with E-state index < -0.39 is 0 Å². The summed E-state index contributed by atoms with van der Waals surface area (Å²) in [7, 11) is 0. The summed E-state index contributed by atoms with van der Waals surface area (Å²) in [5, 5.41) is 0. The number of piperidine rings is 1. The van der Waals surface area contributed by atoms with Crippen molar-refractivity contribution >= 4 is 0 Å². The number of nitrogens with two attached hydrogens (primary N) is 1. The highest BCUT2D eigenvalue weighted by Gasteiger charge is 2.46. The Kier molecular flexibility index (Phi) is 3.92. The molecule has 0 spiro atoms. The minimum Gasteiger partial charge on any atom is -0.327 e. The van der Waals surface area contributed by atoms with E-state index in [1.165, 1.54) is 64.6 Å². The molecule has 2 bridgehead atoms. The quantitative estimate of drug-likeness (QED) is 0.844. The molecule has 0 aromatic rings. The molecule has 19 heavy (non-hydrogen) atoms. The van der Waals surface area contributed by atoms with Gasteiger partial charge in [0.25, 0.3) is 0 Å². The molecule has 1 aliphatic heterocycles. The topological polar surface area (TPSA) is 29.3 Å². The first-order chi connectivity index (χ1) is 9.17. The summed E-state index contributed by atoms with van der Waals surface area (Å²) in [6.07, 6.45) is 9.87. The maximum atomic E-state index is 6.46. The van der Waals surface area contributed by atoms with Crippen LogP contribution < -0.4 is 5.73 Å². The van der Waals surface area contributed by atoms with Crippen LogP contribution in [0.3, 0.4) is 0 Å². The molecule has 4 unspecified atom stereocenters.